The molecule has 2 N–H and O–H groups in total. The monoisotopic (exact) mass is 373 g/mol. The van der Waals surface area contributed by atoms with Crippen molar-refractivity contribution >= 4 is 40.2 Å². The van der Waals surface area contributed by atoms with E-state index in [1.54, 1.807) is 11.1 Å². The van der Waals surface area contributed by atoms with Gasteiger partial charge in [-0.2, -0.15) is 25.3 Å². The first-order valence-corrected chi connectivity index (χ1v) is 8.82. The number of nitrogen functional groups attached to an aromatic ring is 1. The fraction of sp³-hybridized carbons (Fsp3) is 0.250. The quantitative estimate of drug-likeness (QED) is 0.697. The van der Waals surface area contributed by atoms with Gasteiger partial charge in [-0.3, -0.25) is 0 Å². The maximum Gasteiger partial charge on any atom is 0.252 e. The summed E-state index contributed by atoms with van der Waals surface area (Å²) < 4.78 is 5.77. The molecule has 1 aliphatic rings. The molecule has 3 heterocycles. The number of furan rings is 1. The number of benzene rings is 1. The Labute approximate surface area is 162 Å². The normalized spacial score (nSPS) is 16.3. The average molecular weight is 373 g/mol. The van der Waals surface area contributed by atoms with Gasteiger partial charge in [-0.25, -0.2) is 5.01 Å². The lowest BCUT2D eigenvalue weighted by atomic mass is 9.99. The van der Waals surface area contributed by atoms with Crippen LogP contribution < -0.4 is 10.7 Å². The van der Waals surface area contributed by atoms with Gasteiger partial charge in [0, 0.05) is 23.6 Å². The number of rotatable bonds is 3. The Kier molecular flexibility index (Phi) is 4.08. The summed E-state index contributed by atoms with van der Waals surface area (Å²) in [5.74, 6) is 1.06. The number of nitriles is 1. The molecule has 28 heavy (non-hydrogen) atoms. The predicted octanol–water partition coefficient (Wildman–Crippen LogP) is 3.63. The molecule has 8 nitrogen and oxygen atoms in total. The van der Waals surface area contributed by atoms with Crippen molar-refractivity contribution in [2.24, 2.45) is 5.10 Å². The van der Waals surface area contributed by atoms with Crippen LogP contribution in [-0.2, 0) is 0 Å². The number of hydrazone groups is 1. The third-order valence-corrected chi connectivity index (χ3v) is 4.46. The number of para-hydroxylation sites is 1. The first-order valence-electron chi connectivity index (χ1n) is 8.82. The van der Waals surface area contributed by atoms with Crippen LogP contribution in [0.2, 0.25) is 0 Å². The number of nitrogens with two attached hydrogens (primary N) is 1. The van der Waals surface area contributed by atoms with Crippen molar-refractivity contribution < 1.29 is 4.42 Å². The molecule has 4 rings (SSSR count). The first-order chi connectivity index (χ1) is 13.4. The number of hydrogen-bond acceptors (Lipinski definition) is 8. The molecule has 0 amide bonds. The molecular formula is C20H19N7O. The van der Waals surface area contributed by atoms with Crippen molar-refractivity contribution in [1.29, 1.82) is 5.26 Å². The molecule has 3 aromatic rings. The highest BCUT2D eigenvalue weighted by atomic mass is 16.3. The van der Waals surface area contributed by atoms with E-state index in [2.05, 4.69) is 26.1 Å². The van der Waals surface area contributed by atoms with Gasteiger partial charge in [-0.15, -0.1) is 0 Å². The summed E-state index contributed by atoms with van der Waals surface area (Å²) in [6.45, 7) is 6.04. The summed E-state index contributed by atoms with van der Waals surface area (Å²) in [5.41, 5.74) is 7.56. The van der Waals surface area contributed by atoms with Crippen molar-refractivity contribution in [3.63, 3.8) is 0 Å². The topological polar surface area (TPSA) is 117 Å². The van der Waals surface area contributed by atoms with Gasteiger partial charge in [-0.05, 0) is 32.9 Å². The van der Waals surface area contributed by atoms with Gasteiger partial charge in [0.25, 0.3) is 5.95 Å². The van der Waals surface area contributed by atoms with E-state index in [9.17, 15) is 5.26 Å². The second kappa shape index (κ2) is 6.46. The predicted molar refractivity (Wildman–Crippen MR) is 108 cm³/mol. The lowest BCUT2D eigenvalue weighted by Crippen LogP contribution is -2.37. The summed E-state index contributed by atoms with van der Waals surface area (Å²) in [6, 6.07) is 11.6. The largest absolute Gasteiger partial charge is 0.457 e. The van der Waals surface area contributed by atoms with E-state index in [1.807, 2.05) is 51.1 Å². The van der Waals surface area contributed by atoms with Gasteiger partial charge in [0.2, 0.25) is 5.95 Å². The van der Waals surface area contributed by atoms with Crippen LogP contribution in [0.5, 0.6) is 0 Å². The van der Waals surface area contributed by atoms with Gasteiger partial charge < -0.3 is 10.2 Å². The maximum atomic E-state index is 9.67. The molecule has 0 aliphatic carbocycles. The second-order valence-electron chi connectivity index (χ2n) is 7.31. The smallest absolute Gasteiger partial charge is 0.252 e. The van der Waals surface area contributed by atoms with E-state index in [0.29, 0.717) is 11.7 Å². The summed E-state index contributed by atoms with van der Waals surface area (Å²) in [4.78, 5) is 12.8. The van der Waals surface area contributed by atoms with Crippen LogP contribution in [0.3, 0.4) is 0 Å². The molecule has 0 unspecified atom stereocenters. The zero-order valence-electron chi connectivity index (χ0n) is 15.8. The van der Waals surface area contributed by atoms with Gasteiger partial charge in [-0.1, -0.05) is 18.2 Å². The van der Waals surface area contributed by atoms with Crippen LogP contribution in [0.4, 0.5) is 11.9 Å². The van der Waals surface area contributed by atoms with Gasteiger partial charge in [0.15, 0.2) is 5.82 Å². The van der Waals surface area contributed by atoms with Gasteiger partial charge in [0.1, 0.15) is 23.0 Å². The molecule has 8 heteroatoms. The Morgan fingerprint density at radius 2 is 2.07 bits per heavy atom. The Morgan fingerprint density at radius 3 is 2.75 bits per heavy atom. The Bertz CT molecular complexity index is 1130. The standard InChI is InChI=1S/C20H19N7O/c1-12-10-20(2,3)27(26-12)19-24-17(23-18(22)25-19)14(11-21)9-15-8-13-6-4-5-7-16(13)28-15/h4-9H,10H2,1-3H3,(H2,22,23,24,25)/b14-9-. The van der Waals surface area contributed by atoms with E-state index in [1.165, 1.54) is 0 Å². The fourth-order valence-corrected chi connectivity index (χ4v) is 3.32. The molecule has 0 saturated heterocycles. The molecule has 140 valence electrons. The lowest BCUT2D eigenvalue weighted by Gasteiger charge is -2.28. The van der Waals surface area contributed by atoms with Crippen LogP contribution in [0.25, 0.3) is 22.6 Å². The molecule has 1 aromatic carbocycles. The third-order valence-electron chi connectivity index (χ3n) is 4.46. The zero-order valence-corrected chi connectivity index (χ0v) is 15.8. The molecule has 0 spiro atoms. The Hall–Kier alpha value is -3.73. The highest BCUT2D eigenvalue weighted by Gasteiger charge is 2.35. The second-order valence-corrected chi connectivity index (χ2v) is 7.31. The van der Waals surface area contributed by atoms with E-state index >= 15 is 0 Å². The minimum Gasteiger partial charge on any atom is -0.457 e. The van der Waals surface area contributed by atoms with Gasteiger partial charge in [0.05, 0.1) is 5.54 Å². The summed E-state index contributed by atoms with van der Waals surface area (Å²) in [6.07, 6.45) is 2.38. The first kappa shape index (κ1) is 17.7. The van der Waals surface area contributed by atoms with E-state index in [0.717, 1.165) is 23.1 Å². The third kappa shape index (κ3) is 3.18. The number of aromatic nitrogens is 3. The van der Waals surface area contributed by atoms with E-state index < -0.39 is 0 Å². The maximum absolute atomic E-state index is 9.67. The number of fused-ring (bicyclic) bond motifs is 1. The summed E-state index contributed by atoms with van der Waals surface area (Å²) in [7, 11) is 0. The van der Waals surface area contributed by atoms with Crippen molar-refractivity contribution in [3.8, 4) is 6.07 Å². The number of allylic oxidation sites excluding steroid dienone is 1. The van der Waals surface area contributed by atoms with Crippen LogP contribution >= 0.6 is 0 Å². The van der Waals surface area contributed by atoms with Crippen molar-refractivity contribution in [1.82, 2.24) is 15.0 Å². The van der Waals surface area contributed by atoms with Crippen molar-refractivity contribution in [3.05, 3.63) is 41.9 Å². The Balaban J connectivity index is 1.77. The molecule has 0 fully saturated rings. The highest BCUT2D eigenvalue weighted by Crippen LogP contribution is 2.31. The minimum atomic E-state index is -0.287. The van der Waals surface area contributed by atoms with E-state index in [4.69, 9.17) is 10.2 Å². The van der Waals surface area contributed by atoms with Crippen molar-refractivity contribution in [2.45, 2.75) is 32.7 Å². The average Bonchev–Trinajstić information content (AvgIpc) is 3.17. The van der Waals surface area contributed by atoms with Crippen LogP contribution in [-0.4, -0.2) is 26.2 Å². The van der Waals surface area contributed by atoms with Gasteiger partial charge >= 0.3 is 0 Å². The number of anilines is 2. The van der Waals surface area contributed by atoms with Crippen LogP contribution in [0, 0.1) is 11.3 Å². The molecule has 0 bridgehead atoms. The Morgan fingerprint density at radius 1 is 1.29 bits per heavy atom. The van der Waals surface area contributed by atoms with E-state index in [-0.39, 0.29) is 22.9 Å². The number of nitrogens with zero attached hydrogens (tertiary/aromatic N) is 6. The molecule has 0 saturated carbocycles. The lowest BCUT2D eigenvalue weighted by molar-refractivity contribution is 0.505. The molecule has 0 radical (unpaired) electrons. The zero-order chi connectivity index (χ0) is 19.9. The molecule has 0 atom stereocenters. The van der Waals surface area contributed by atoms with Crippen molar-refractivity contribution in [2.75, 3.05) is 10.7 Å². The SMILES string of the molecule is CC1=NN(c2nc(N)nc(/C(C#N)=C\c3cc4ccccc4o3)n2)C(C)(C)C1. The van der Waals surface area contributed by atoms with Crippen LogP contribution in [0.1, 0.15) is 38.8 Å². The molecule has 1 aliphatic heterocycles. The number of hydrogen-bond donors (Lipinski definition) is 1. The molecular weight excluding hydrogens is 354 g/mol. The molecule has 2 aromatic heterocycles. The minimum absolute atomic E-state index is 0.0290. The summed E-state index contributed by atoms with van der Waals surface area (Å²) >= 11 is 0. The fourth-order valence-electron chi connectivity index (χ4n) is 3.32. The van der Waals surface area contributed by atoms with Crippen LogP contribution in [0.15, 0.2) is 39.9 Å². The summed E-state index contributed by atoms with van der Waals surface area (Å²) in [5, 5.41) is 16.8. The highest BCUT2D eigenvalue weighted by molar-refractivity contribution is 5.90.